The highest BCUT2D eigenvalue weighted by atomic mass is 16.5. The normalized spacial score (nSPS) is 10.2. The lowest BCUT2D eigenvalue weighted by Gasteiger charge is -2.07. The first kappa shape index (κ1) is 17.4. The first-order chi connectivity index (χ1) is 12.7. The van der Waals surface area contributed by atoms with E-state index in [1.807, 2.05) is 30.3 Å². The Morgan fingerprint density at radius 1 is 0.808 bits per heavy atom. The van der Waals surface area contributed by atoms with E-state index in [0.717, 1.165) is 5.56 Å². The van der Waals surface area contributed by atoms with Gasteiger partial charge in [-0.15, -0.1) is 0 Å². The Balaban J connectivity index is 1.51. The van der Waals surface area contributed by atoms with Gasteiger partial charge in [0.15, 0.2) is 12.4 Å². The summed E-state index contributed by atoms with van der Waals surface area (Å²) in [4.78, 5) is 27.8. The van der Waals surface area contributed by atoms with E-state index in [2.05, 4.69) is 4.98 Å². The summed E-state index contributed by atoms with van der Waals surface area (Å²) < 4.78 is 10.7. The monoisotopic (exact) mass is 347 g/mol. The van der Waals surface area contributed by atoms with Crippen LogP contribution in [0.3, 0.4) is 0 Å². The molecule has 0 radical (unpaired) electrons. The average molecular weight is 347 g/mol. The van der Waals surface area contributed by atoms with Crippen LogP contribution in [-0.2, 0) is 11.3 Å². The van der Waals surface area contributed by atoms with Gasteiger partial charge < -0.3 is 9.47 Å². The van der Waals surface area contributed by atoms with Crippen LogP contribution in [0, 0.1) is 0 Å². The molecule has 0 unspecified atom stereocenters. The third kappa shape index (κ3) is 4.77. The highest BCUT2D eigenvalue weighted by Crippen LogP contribution is 2.15. The smallest absolute Gasteiger partial charge is 0.338 e. The Morgan fingerprint density at radius 3 is 2.19 bits per heavy atom. The molecule has 0 aliphatic carbocycles. The van der Waals surface area contributed by atoms with Crippen molar-refractivity contribution in [1.82, 2.24) is 4.98 Å². The van der Waals surface area contributed by atoms with Crippen molar-refractivity contribution in [1.29, 1.82) is 0 Å². The SMILES string of the molecule is O=C(COC(=O)c1ccncc1)c1ccc(OCc2ccccc2)cc1. The van der Waals surface area contributed by atoms with Crippen LogP contribution in [-0.4, -0.2) is 23.3 Å². The van der Waals surface area contributed by atoms with E-state index in [9.17, 15) is 9.59 Å². The Kier molecular flexibility index (Phi) is 5.72. The fraction of sp³-hybridized carbons (Fsp3) is 0.0952. The number of carbonyl (C=O) groups is 2. The van der Waals surface area contributed by atoms with E-state index >= 15 is 0 Å². The molecule has 130 valence electrons. The molecule has 0 bridgehead atoms. The zero-order valence-electron chi connectivity index (χ0n) is 14.0. The molecule has 0 saturated carbocycles. The molecule has 0 aliphatic rings. The predicted molar refractivity (Wildman–Crippen MR) is 96.1 cm³/mol. The number of nitrogens with zero attached hydrogens (tertiary/aromatic N) is 1. The summed E-state index contributed by atoms with van der Waals surface area (Å²) in [6.07, 6.45) is 2.99. The van der Waals surface area contributed by atoms with Crippen LogP contribution < -0.4 is 4.74 Å². The molecule has 0 fully saturated rings. The molecule has 26 heavy (non-hydrogen) atoms. The molecule has 0 aliphatic heterocycles. The van der Waals surface area contributed by atoms with Crippen molar-refractivity contribution < 1.29 is 19.1 Å². The zero-order chi connectivity index (χ0) is 18.2. The van der Waals surface area contributed by atoms with E-state index in [-0.39, 0.29) is 12.4 Å². The van der Waals surface area contributed by atoms with Crippen molar-refractivity contribution in [3.63, 3.8) is 0 Å². The second-order valence-electron chi connectivity index (χ2n) is 5.53. The minimum Gasteiger partial charge on any atom is -0.489 e. The van der Waals surface area contributed by atoms with Gasteiger partial charge in [-0.1, -0.05) is 30.3 Å². The predicted octanol–water partition coefficient (Wildman–Crippen LogP) is 3.70. The summed E-state index contributed by atoms with van der Waals surface area (Å²) in [5.74, 6) is -0.162. The van der Waals surface area contributed by atoms with Crippen LogP contribution in [0.25, 0.3) is 0 Å². The fourth-order valence-electron chi connectivity index (χ4n) is 2.26. The molecule has 5 heteroatoms. The van der Waals surface area contributed by atoms with Crippen LogP contribution in [0.5, 0.6) is 5.75 Å². The highest BCUT2D eigenvalue weighted by Gasteiger charge is 2.11. The van der Waals surface area contributed by atoms with Gasteiger partial charge in [-0.25, -0.2) is 4.79 Å². The Bertz CT molecular complexity index is 862. The summed E-state index contributed by atoms with van der Waals surface area (Å²) >= 11 is 0. The largest absolute Gasteiger partial charge is 0.489 e. The van der Waals surface area contributed by atoms with Gasteiger partial charge in [-0.3, -0.25) is 9.78 Å². The van der Waals surface area contributed by atoms with Crippen molar-refractivity contribution in [2.75, 3.05) is 6.61 Å². The molecule has 0 saturated heterocycles. The number of ether oxygens (including phenoxy) is 2. The Hall–Kier alpha value is -3.47. The molecular weight excluding hydrogens is 330 g/mol. The number of aromatic nitrogens is 1. The number of Topliss-reactive ketones (excluding diaryl/α,β-unsaturated/α-hetero) is 1. The lowest BCUT2D eigenvalue weighted by atomic mass is 10.1. The van der Waals surface area contributed by atoms with Gasteiger partial charge in [-0.2, -0.15) is 0 Å². The number of rotatable bonds is 7. The van der Waals surface area contributed by atoms with E-state index in [4.69, 9.17) is 9.47 Å². The van der Waals surface area contributed by atoms with Crippen molar-refractivity contribution in [2.45, 2.75) is 6.61 Å². The summed E-state index contributed by atoms with van der Waals surface area (Å²) in [7, 11) is 0. The fourth-order valence-corrected chi connectivity index (χ4v) is 2.26. The first-order valence-electron chi connectivity index (χ1n) is 8.09. The molecule has 3 aromatic rings. The molecule has 5 nitrogen and oxygen atoms in total. The minimum atomic E-state index is -0.552. The van der Waals surface area contributed by atoms with Crippen LogP contribution >= 0.6 is 0 Å². The number of carbonyl (C=O) groups excluding carboxylic acids is 2. The first-order valence-corrected chi connectivity index (χ1v) is 8.09. The van der Waals surface area contributed by atoms with Crippen molar-refractivity contribution in [2.24, 2.45) is 0 Å². The number of benzene rings is 2. The maximum absolute atomic E-state index is 12.1. The summed E-state index contributed by atoms with van der Waals surface area (Å²) in [6, 6.07) is 19.6. The van der Waals surface area contributed by atoms with Crippen molar-refractivity contribution in [3.8, 4) is 5.75 Å². The average Bonchev–Trinajstić information content (AvgIpc) is 2.72. The van der Waals surface area contributed by atoms with Gasteiger partial charge in [0.25, 0.3) is 0 Å². The Morgan fingerprint density at radius 2 is 1.50 bits per heavy atom. The molecule has 3 rings (SSSR count). The van der Waals surface area contributed by atoms with Crippen molar-refractivity contribution >= 4 is 11.8 Å². The van der Waals surface area contributed by atoms with Crippen LogP contribution in [0.4, 0.5) is 0 Å². The van der Waals surface area contributed by atoms with Gasteiger partial charge in [0, 0.05) is 18.0 Å². The molecule has 0 atom stereocenters. The summed E-state index contributed by atoms with van der Waals surface area (Å²) in [6.45, 7) is 0.142. The van der Waals surface area contributed by atoms with Crippen LogP contribution in [0.15, 0.2) is 79.1 Å². The maximum Gasteiger partial charge on any atom is 0.338 e. The molecule has 0 spiro atoms. The van der Waals surface area contributed by atoms with Gasteiger partial charge in [0.05, 0.1) is 5.56 Å². The van der Waals surface area contributed by atoms with E-state index in [1.54, 1.807) is 24.3 Å². The minimum absolute atomic E-state index is 0.276. The van der Waals surface area contributed by atoms with E-state index in [1.165, 1.54) is 24.5 Å². The van der Waals surface area contributed by atoms with Gasteiger partial charge >= 0.3 is 5.97 Å². The van der Waals surface area contributed by atoms with Crippen LogP contribution in [0.1, 0.15) is 26.3 Å². The van der Waals surface area contributed by atoms with E-state index < -0.39 is 5.97 Å². The quantitative estimate of drug-likeness (QED) is 0.482. The Labute approximate surface area is 151 Å². The number of hydrogen-bond acceptors (Lipinski definition) is 5. The van der Waals surface area contributed by atoms with Gasteiger partial charge in [0.1, 0.15) is 12.4 Å². The summed E-state index contributed by atoms with van der Waals surface area (Å²) in [5.41, 5.74) is 1.88. The lowest BCUT2D eigenvalue weighted by molar-refractivity contribution is 0.0474. The maximum atomic E-state index is 12.1. The number of pyridine rings is 1. The van der Waals surface area contributed by atoms with Gasteiger partial charge in [0.2, 0.25) is 0 Å². The molecule has 0 N–H and O–H groups in total. The third-order valence-electron chi connectivity index (χ3n) is 3.67. The number of ketones is 1. The van der Waals surface area contributed by atoms with Crippen molar-refractivity contribution in [3.05, 3.63) is 95.8 Å². The van der Waals surface area contributed by atoms with Gasteiger partial charge in [-0.05, 0) is 42.0 Å². The zero-order valence-corrected chi connectivity index (χ0v) is 14.0. The standard InChI is InChI=1S/C21H17NO4/c23-20(15-26-21(24)18-10-12-22-13-11-18)17-6-8-19(9-7-17)25-14-16-4-2-1-3-5-16/h1-13H,14-15H2. The molecular formula is C21H17NO4. The molecule has 1 aromatic heterocycles. The third-order valence-corrected chi connectivity index (χ3v) is 3.67. The number of hydrogen-bond donors (Lipinski definition) is 0. The van der Waals surface area contributed by atoms with E-state index in [0.29, 0.717) is 23.5 Å². The highest BCUT2D eigenvalue weighted by molar-refractivity contribution is 5.99. The second kappa shape index (κ2) is 8.58. The lowest BCUT2D eigenvalue weighted by Crippen LogP contribution is -2.14. The molecule has 1 heterocycles. The number of esters is 1. The summed E-state index contributed by atoms with van der Waals surface area (Å²) in [5, 5.41) is 0. The van der Waals surface area contributed by atoms with Crippen LogP contribution in [0.2, 0.25) is 0 Å². The topological polar surface area (TPSA) is 65.5 Å². The molecule has 0 amide bonds. The second-order valence-corrected chi connectivity index (χ2v) is 5.53. The molecule has 2 aromatic carbocycles.